The summed E-state index contributed by atoms with van der Waals surface area (Å²) in [7, 11) is 0. The van der Waals surface area contributed by atoms with Crippen molar-refractivity contribution in [3.05, 3.63) is 34.9 Å². The third-order valence-corrected chi connectivity index (χ3v) is 5.66. The van der Waals surface area contributed by atoms with Crippen molar-refractivity contribution >= 4 is 5.78 Å². The fourth-order valence-corrected chi connectivity index (χ4v) is 4.11. The van der Waals surface area contributed by atoms with E-state index in [0.717, 1.165) is 49.8 Å². The number of benzene rings is 1. The van der Waals surface area contributed by atoms with Crippen molar-refractivity contribution in [2.24, 2.45) is 11.3 Å². The van der Waals surface area contributed by atoms with Crippen LogP contribution < -0.4 is 0 Å². The van der Waals surface area contributed by atoms with Crippen LogP contribution in [0.25, 0.3) is 0 Å². The lowest BCUT2D eigenvalue weighted by atomic mass is 9.70. The van der Waals surface area contributed by atoms with Gasteiger partial charge in [-0.2, -0.15) is 0 Å². The van der Waals surface area contributed by atoms with Crippen molar-refractivity contribution < 1.29 is 9.53 Å². The Kier molecular flexibility index (Phi) is 3.77. The molecule has 0 N–H and O–H groups in total. The highest BCUT2D eigenvalue weighted by molar-refractivity contribution is 6.05. The molecule has 2 fully saturated rings. The van der Waals surface area contributed by atoms with E-state index >= 15 is 0 Å². The Labute approximate surface area is 138 Å². The second-order valence-corrected chi connectivity index (χ2v) is 7.36. The first-order valence-corrected chi connectivity index (χ1v) is 9.01. The van der Waals surface area contributed by atoms with Gasteiger partial charge in [0, 0.05) is 29.1 Å². The maximum atomic E-state index is 13.1. The smallest absolute Gasteiger partial charge is 0.169 e. The number of hydrogen-bond donors (Lipinski definition) is 0. The first-order valence-electron chi connectivity index (χ1n) is 9.01. The molecule has 1 aromatic rings. The minimum atomic E-state index is -0.154. The standard InChI is InChI=1S/C21H24O2/c1-2-23-18-9-11-21(12-10-18)14-17-8-7-16(6-5-15-3-4-15)13-19(17)20(21)22/h7-8,13,15,18H,2-4,9-12,14H2,1H3. The number of Topliss-reactive ketones (excluding diaryl/α,β-unsaturated/α-hetero) is 1. The van der Waals surface area contributed by atoms with E-state index in [0.29, 0.717) is 17.8 Å². The van der Waals surface area contributed by atoms with Crippen LogP contribution in [0.1, 0.15) is 66.9 Å². The van der Waals surface area contributed by atoms with Crippen LogP contribution in [0.3, 0.4) is 0 Å². The minimum Gasteiger partial charge on any atom is -0.379 e. The van der Waals surface area contributed by atoms with Crippen LogP contribution >= 0.6 is 0 Å². The van der Waals surface area contributed by atoms with Crippen LogP contribution in [-0.2, 0) is 11.2 Å². The fraction of sp³-hybridized carbons (Fsp3) is 0.571. The van der Waals surface area contributed by atoms with Gasteiger partial charge in [-0.05, 0) is 69.6 Å². The van der Waals surface area contributed by atoms with Crippen molar-refractivity contribution in [3.8, 4) is 11.8 Å². The molecule has 1 spiro atoms. The summed E-state index contributed by atoms with van der Waals surface area (Å²) in [6, 6.07) is 6.26. The molecule has 4 rings (SSSR count). The molecule has 0 amide bonds. The molecular formula is C21H24O2. The lowest BCUT2D eigenvalue weighted by Crippen LogP contribution is -2.35. The number of ether oxygens (including phenoxy) is 1. The van der Waals surface area contributed by atoms with Gasteiger partial charge in [0.15, 0.2) is 5.78 Å². The minimum absolute atomic E-state index is 0.154. The van der Waals surface area contributed by atoms with Crippen LogP contribution in [0.15, 0.2) is 18.2 Å². The highest BCUT2D eigenvalue weighted by atomic mass is 16.5. The van der Waals surface area contributed by atoms with Crippen LogP contribution in [0.5, 0.6) is 0 Å². The number of hydrogen-bond acceptors (Lipinski definition) is 2. The van der Waals surface area contributed by atoms with E-state index in [1.165, 1.54) is 18.4 Å². The molecule has 0 aliphatic heterocycles. The van der Waals surface area contributed by atoms with Crippen LogP contribution in [0.2, 0.25) is 0 Å². The van der Waals surface area contributed by atoms with E-state index < -0.39 is 0 Å². The Bertz CT molecular complexity index is 680. The van der Waals surface area contributed by atoms with Crippen molar-refractivity contribution in [2.75, 3.05) is 6.61 Å². The largest absolute Gasteiger partial charge is 0.379 e. The maximum absolute atomic E-state index is 13.1. The summed E-state index contributed by atoms with van der Waals surface area (Å²) in [4.78, 5) is 13.1. The Morgan fingerprint density at radius 1 is 1.22 bits per heavy atom. The highest BCUT2D eigenvalue weighted by Gasteiger charge is 2.47. The molecule has 2 nitrogen and oxygen atoms in total. The molecule has 0 bridgehead atoms. The second-order valence-electron chi connectivity index (χ2n) is 7.36. The van der Waals surface area contributed by atoms with E-state index in [4.69, 9.17) is 4.74 Å². The number of carbonyl (C=O) groups is 1. The van der Waals surface area contributed by atoms with E-state index in [1.807, 2.05) is 13.0 Å². The molecule has 3 aliphatic carbocycles. The predicted octanol–water partition coefficient (Wildman–Crippen LogP) is 4.15. The third-order valence-electron chi connectivity index (χ3n) is 5.66. The third kappa shape index (κ3) is 2.83. The zero-order chi connectivity index (χ0) is 15.9. The average Bonchev–Trinajstić information content (AvgIpc) is 3.36. The van der Waals surface area contributed by atoms with Gasteiger partial charge in [0.1, 0.15) is 0 Å². The molecule has 0 aromatic heterocycles. The van der Waals surface area contributed by atoms with E-state index in [-0.39, 0.29) is 5.41 Å². The van der Waals surface area contributed by atoms with Gasteiger partial charge in [-0.25, -0.2) is 0 Å². The number of fused-ring (bicyclic) bond motifs is 1. The molecule has 23 heavy (non-hydrogen) atoms. The lowest BCUT2D eigenvalue weighted by Gasteiger charge is -2.35. The summed E-state index contributed by atoms with van der Waals surface area (Å²) in [5.41, 5.74) is 3.01. The van der Waals surface area contributed by atoms with Gasteiger partial charge in [0.2, 0.25) is 0 Å². The summed E-state index contributed by atoms with van der Waals surface area (Å²) in [6.45, 7) is 2.82. The van der Waals surface area contributed by atoms with Crippen LogP contribution in [0, 0.1) is 23.2 Å². The molecule has 120 valence electrons. The summed E-state index contributed by atoms with van der Waals surface area (Å²) < 4.78 is 5.75. The van der Waals surface area contributed by atoms with Gasteiger partial charge in [0.05, 0.1) is 6.10 Å². The highest BCUT2D eigenvalue weighted by Crippen LogP contribution is 2.47. The first-order chi connectivity index (χ1) is 11.2. The molecule has 1 aromatic carbocycles. The van der Waals surface area contributed by atoms with E-state index in [9.17, 15) is 4.79 Å². The summed E-state index contributed by atoms with van der Waals surface area (Å²) in [5.74, 6) is 7.50. The summed E-state index contributed by atoms with van der Waals surface area (Å²) in [5, 5.41) is 0. The van der Waals surface area contributed by atoms with Crippen LogP contribution in [-0.4, -0.2) is 18.5 Å². The Balaban J connectivity index is 1.53. The molecule has 0 unspecified atom stereocenters. The molecule has 0 radical (unpaired) electrons. The molecule has 3 aliphatic rings. The van der Waals surface area contributed by atoms with Gasteiger partial charge in [-0.1, -0.05) is 17.9 Å². The number of carbonyl (C=O) groups excluding carboxylic acids is 1. The van der Waals surface area contributed by atoms with Crippen molar-refractivity contribution in [1.82, 2.24) is 0 Å². The molecule has 0 atom stereocenters. The van der Waals surface area contributed by atoms with E-state index in [1.54, 1.807) is 0 Å². The van der Waals surface area contributed by atoms with Gasteiger partial charge < -0.3 is 4.74 Å². The number of ketones is 1. The lowest BCUT2D eigenvalue weighted by molar-refractivity contribution is 0.00748. The molecule has 0 saturated heterocycles. The van der Waals surface area contributed by atoms with Crippen molar-refractivity contribution in [3.63, 3.8) is 0 Å². The predicted molar refractivity (Wildman–Crippen MR) is 90.4 cm³/mol. The molecule has 0 heterocycles. The summed E-state index contributed by atoms with van der Waals surface area (Å²) >= 11 is 0. The maximum Gasteiger partial charge on any atom is 0.169 e. The zero-order valence-electron chi connectivity index (χ0n) is 13.9. The molecular weight excluding hydrogens is 284 g/mol. The summed E-state index contributed by atoms with van der Waals surface area (Å²) in [6.07, 6.45) is 7.70. The molecule has 2 saturated carbocycles. The average molecular weight is 308 g/mol. The van der Waals surface area contributed by atoms with Gasteiger partial charge in [-0.3, -0.25) is 4.79 Å². The topological polar surface area (TPSA) is 26.3 Å². The SMILES string of the molecule is CCOC1CCC2(CC1)Cc1ccc(C#CC3CC3)cc1C2=O. The van der Waals surface area contributed by atoms with Crippen molar-refractivity contribution in [2.45, 2.75) is 58.0 Å². The van der Waals surface area contributed by atoms with Crippen LogP contribution in [0.4, 0.5) is 0 Å². The Morgan fingerprint density at radius 3 is 2.70 bits per heavy atom. The Morgan fingerprint density at radius 2 is 2.00 bits per heavy atom. The van der Waals surface area contributed by atoms with Crippen molar-refractivity contribution in [1.29, 1.82) is 0 Å². The first kappa shape index (κ1) is 15.0. The Hall–Kier alpha value is -1.59. The van der Waals surface area contributed by atoms with E-state index in [2.05, 4.69) is 24.0 Å². The zero-order valence-corrected chi connectivity index (χ0v) is 13.9. The normalized spacial score (nSPS) is 29.3. The monoisotopic (exact) mass is 308 g/mol. The van der Waals surface area contributed by atoms with Gasteiger partial charge in [-0.15, -0.1) is 0 Å². The second kappa shape index (κ2) is 5.80. The van der Waals surface area contributed by atoms with Gasteiger partial charge in [0.25, 0.3) is 0 Å². The molecule has 2 heteroatoms. The number of rotatable bonds is 2. The fourth-order valence-electron chi connectivity index (χ4n) is 4.11. The quantitative estimate of drug-likeness (QED) is 0.767. The van der Waals surface area contributed by atoms with Gasteiger partial charge >= 0.3 is 0 Å².